The fraction of sp³-hybridized carbons (Fsp3) is 0.0455. The summed E-state index contributed by atoms with van der Waals surface area (Å²) in [6.07, 6.45) is 1.65. The van der Waals surface area contributed by atoms with Crippen molar-refractivity contribution in [2.75, 3.05) is 5.32 Å². The molecule has 1 aliphatic rings. The number of halogens is 1. The van der Waals surface area contributed by atoms with Crippen molar-refractivity contribution in [2.45, 2.75) is 6.42 Å². The van der Waals surface area contributed by atoms with E-state index >= 15 is 0 Å². The van der Waals surface area contributed by atoms with Gasteiger partial charge in [-0.05, 0) is 63.5 Å². The normalized spacial score (nSPS) is 13.2. The van der Waals surface area contributed by atoms with E-state index in [1.165, 1.54) is 18.5 Å². The van der Waals surface area contributed by atoms with Gasteiger partial charge in [0.2, 0.25) is 5.91 Å². The van der Waals surface area contributed by atoms with Crippen molar-refractivity contribution in [1.82, 2.24) is 20.2 Å². The third-order valence-electron chi connectivity index (χ3n) is 4.82. The van der Waals surface area contributed by atoms with Crippen molar-refractivity contribution < 1.29 is 9.18 Å². The molecular formula is C22H15FN6O. The van der Waals surface area contributed by atoms with Gasteiger partial charge < -0.3 is 5.32 Å². The van der Waals surface area contributed by atoms with Crippen LogP contribution >= 0.6 is 0 Å². The second kappa shape index (κ2) is 7.32. The molecule has 0 saturated heterocycles. The van der Waals surface area contributed by atoms with Crippen molar-refractivity contribution >= 4 is 23.0 Å². The molecule has 146 valence electrons. The van der Waals surface area contributed by atoms with Crippen molar-refractivity contribution in [3.8, 4) is 16.8 Å². The smallest absolute Gasteiger partial charge is 0.230 e. The van der Waals surface area contributed by atoms with E-state index in [-0.39, 0.29) is 18.1 Å². The molecule has 30 heavy (non-hydrogen) atoms. The predicted molar refractivity (Wildman–Crippen MR) is 110 cm³/mol. The third kappa shape index (κ3) is 3.46. The summed E-state index contributed by atoms with van der Waals surface area (Å²) < 4.78 is 14.8. The van der Waals surface area contributed by atoms with E-state index < -0.39 is 0 Å². The zero-order valence-corrected chi connectivity index (χ0v) is 15.7. The van der Waals surface area contributed by atoms with Gasteiger partial charge in [0.05, 0.1) is 29.2 Å². The molecule has 0 unspecified atom stereocenters. The van der Waals surface area contributed by atoms with Crippen LogP contribution in [0.25, 0.3) is 16.8 Å². The first kappa shape index (κ1) is 17.9. The number of nitrogens with zero attached hydrogens (tertiary/aromatic N) is 5. The molecule has 8 heteroatoms. The largest absolute Gasteiger partial charge is 0.324 e. The number of benzene rings is 3. The second-order valence-electron chi connectivity index (χ2n) is 6.83. The van der Waals surface area contributed by atoms with Gasteiger partial charge in [-0.3, -0.25) is 9.79 Å². The number of rotatable bonds is 3. The summed E-state index contributed by atoms with van der Waals surface area (Å²) in [6, 6.07) is 19.4. The molecule has 0 saturated carbocycles. The molecule has 5 rings (SSSR count). The minimum Gasteiger partial charge on any atom is -0.324 e. The fourth-order valence-corrected chi connectivity index (χ4v) is 3.36. The number of fused-ring (bicyclic) bond motifs is 1. The van der Waals surface area contributed by atoms with Crippen LogP contribution in [0.4, 0.5) is 15.8 Å². The molecule has 4 aromatic rings. The van der Waals surface area contributed by atoms with Gasteiger partial charge in [-0.1, -0.05) is 30.3 Å². The molecule has 0 atom stereocenters. The lowest BCUT2D eigenvalue weighted by Crippen LogP contribution is -2.15. The first-order valence-corrected chi connectivity index (χ1v) is 9.27. The van der Waals surface area contributed by atoms with Gasteiger partial charge >= 0.3 is 0 Å². The molecule has 2 heterocycles. The Hall–Kier alpha value is -4.20. The van der Waals surface area contributed by atoms with Crippen LogP contribution in [0, 0.1) is 5.82 Å². The summed E-state index contributed by atoms with van der Waals surface area (Å²) in [4.78, 5) is 17.3. The molecule has 7 nitrogen and oxygen atoms in total. The Morgan fingerprint density at radius 3 is 2.57 bits per heavy atom. The van der Waals surface area contributed by atoms with Crippen molar-refractivity contribution in [3.05, 3.63) is 84.4 Å². The van der Waals surface area contributed by atoms with Gasteiger partial charge in [0.15, 0.2) is 0 Å². The summed E-state index contributed by atoms with van der Waals surface area (Å²) in [5.74, 6) is -0.448. The number of aliphatic imine (C=N–C) groups is 1. The maximum atomic E-state index is 13.2. The Morgan fingerprint density at radius 1 is 0.933 bits per heavy atom. The number of amides is 1. The van der Waals surface area contributed by atoms with Crippen LogP contribution < -0.4 is 5.32 Å². The van der Waals surface area contributed by atoms with Crippen LogP contribution in [0.2, 0.25) is 0 Å². The van der Waals surface area contributed by atoms with Crippen LogP contribution in [-0.4, -0.2) is 31.8 Å². The molecule has 1 N–H and O–H groups in total. The van der Waals surface area contributed by atoms with Crippen LogP contribution in [0.3, 0.4) is 0 Å². The lowest BCUT2D eigenvalue weighted by molar-refractivity contribution is -0.115. The highest BCUT2D eigenvalue weighted by molar-refractivity contribution is 6.17. The number of carbonyl (C=O) groups is 1. The summed E-state index contributed by atoms with van der Waals surface area (Å²) in [5, 5.41) is 14.1. The highest BCUT2D eigenvalue weighted by Crippen LogP contribution is 2.33. The Kier molecular flexibility index (Phi) is 4.36. The van der Waals surface area contributed by atoms with Crippen LogP contribution in [0.15, 0.2) is 78.0 Å². The molecule has 0 aliphatic carbocycles. The number of aromatic nitrogens is 4. The Bertz CT molecular complexity index is 1270. The summed E-state index contributed by atoms with van der Waals surface area (Å²) in [6.45, 7) is 0. The quantitative estimate of drug-likeness (QED) is 0.567. The first-order chi connectivity index (χ1) is 14.7. The standard InChI is InChI=1S/C22H15FN6O/c23-17-7-4-14(5-8-17)15-6-9-19-21(11-15)26-22(30)12-20(25-19)16-2-1-3-18(10-16)29-13-24-27-28-29/h1-11,13H,12H2,(H,26,30). The average Bonchev–Trinajstić information content (AvgIpc) is 3.24. The molecule has 1 amide bonds. The maximum Gasteiger partial charge on any atom is 0.230 e. The minimum atomic E-state index is -0.292. The van der Waals surface area contributed by atoms with Crippen molar-refractivity contribution in [3.63, 3.8) is 0 Å². The molecular weight excluding hydrogens is 383 g/mol. The molecule has 0 spiro atoms. The molecule has 0 radical (unpaired) electrons. The van der Waals surface area contributed by atoms with Gasteiger partial charge in [0.1, 0.15) is 12.1 Å². The number of hydrogen-bond acceptors (Lipinski definition) is 5. The van der Waals surface area contributed by atoms with E-state index in [1.807, 2.05) is 42.5 Å². The van der Waals surface area contributed by atoms with Gasteiger partial charge in [-0.25, -0.2) is 9.07 Å². The number of nitrogens with one attached hydrogen (secondary N) is 1. The summed E-state index contributed by atoms with van der Waals surface area (Å²) >= 11 is 0. The molecule has 1 aliphatic heterocycles. The van der Waals surface area contributed by atoms with E-state index in [9.17, 15) is 9.18 Å². The van der Waals surface area contributed by atoms with Gasteiger partial charge in [-0.2, -0.15) is 0 Å². The van der Waals surface area contributed by atoms with E-state index in [4.69, 9.17) is 4.99 Å². The SMILES string of the molecule is O=C1CC(c2cccc(-n3cnnn3)c2)=Nc2ccc(-c3ccc(F)cc3)cc2N1. The Morgan fingerprint density at radius 2 is 1.77 bits per heavy atom. The van der Waals surface area contributed by atoms with Crippen LogP contribution in [0.5, 0.6) is 0 Å². The Labute approximate surface area is 170 Å². The summed E-state index contributed by atoms with van der Waals surface area (Å²) in [5.41, 5.74) is 5.24. The van der Waals surface area contributed by atoms with Gasteiger partial charge in [0, 0.05) is 0 Å². The number of tetrazole rings is 1. The highest BCUT2D eigenvalue weighted by atomic mass is 19.1. The number of hydrogen-bond donors (Lipinski definition) is 1. The predicted octanol–water partition coefficient (Wildman–Crippen LogP) is 3.93. The van der Waals surface area contributed by atoms with E-state index in [0.717, 1.165) is 22.4 Å². The molecule has 3 aromatic carbocycles. The zero-order chi connectivity index (χ0) is 20.5. The van der Waals surface area contributed by atoms with Crippen LogP contribution in [0.1, 0.15) is 12.0 Å². The Balaban J connectivity index is 1.54. The third-order valence-corrected chi connectivity index (χ3v) is 4.82. The lowest BCUT2D eigenvalue weighted by atomic mass is 10.0. The number of carbonyl (C=O) groups excluding carboxylic acids is 1. The van der Waals surface area contributed by atoms with Crippen molar-refractivity contribution in [1.29, 1.82) is 0 Å². The topological polar surface area (TPSA) is 85.1 Å². The molecule has 1 aromatic heterocycles. The zero-order valence-electron chi connectivity index (χ0n) is 15.7. The lowest BCUT2D eigenvalue weighted by Gasteiger charge is -2.08. The van der Waals surface area contributed by atoms with E-state index in [0.29, 0.717) is 17.1 Å². The van der Waals surface area contributed by atoms with Gasteiger partial charge in [0.25, 0.3) is 0 Å². The van der Waals surface area contributed by atoms with Crippen LogP contribution in [-0.2, 0) is 4.79 Å². The molecule has 0 fully saturated rings. The fourth-order valence-electron chi connectivity index (χ4n) is 3.36. The average molecular weight is 398 g/mol. The van der Waals surface area contributed by atoms with E-state index in [2.05, 4.69) is 20.8 Å². The first-order valence-electron chi connectivity index (χ1n) is 9.27. The monoisotopic (exact) mass is 398 g/mol. The maximum absolute atomic E-state index is 13.2. The second-order valence-corrected chi connectivity index (χ2v) is 6.83. The minimum absolute atomic E-state index is 0.139. The molecule has 0 bridgehead atoms. The summed E-state index contributed by atoms with van der Waals surface area (Å²) in [7, 11) is 0. The highest BCUT2D eigenvalue weighted by Gasteiger charge is 2.18. The van der Waals surface area contributed by atoms with Gasteiger partial charge in [-0.15, -0.1) is 5.10 Å². The number of anilines is 1. The van der Waals surface area contributed by atoms with E-state index in [1.54, 1.807) is 16.8 Å². The van der Waals surface area contributed by atoms with Crippen molar-refractivity contribution in [2.24, 2.45) is 4.99 Å².